The molecule has 1 aliphatic heterocycles. The number of hydrogen-bond acceptors (Lipinski definition) is 6. The highest BCUT2D eigenvalue weighted by Crippen LogP contribution is 2.28. The molecule has 1 saturated carbocycles. The van der Waals surface area contributed by atoms with Gasteiger partial charge in [0.1, 0.15) is 9.77 Å². The van der Waals surface area contributed by atoms with Crippen molar-refractivity contribution >= 4 is 33.2 Å². The second-order valence-electron chi connectivity index (χ2n) is 7.24. The van der Waals surface area contributed by atoms with Crippen molar-refractivity contribution in [3.63, 3.8) is 0 Å². The molecule has 0 aromatic carbocycles. The van der Waals surface area contributed by atoms with E-state index in [9.17, 15) is 18.0 Å². The monoisotopic (exact) mass is 414 g/mol. The fourth-order valence-electron chi connectivity index (χ4n) is 3.69. The van der Waals surface area contributed by atoms with Crippen molar-refractivity contribution in [2.75, 3.05) is 19.7 Å². The smallest absolute Gasteiger partial charge is 0.350 e. The van der Waals surface area contributed by atoms with E-state index < -0.39 is 22.6 Å². The van der Waals surface area contributed by atoms with Crippen LogP contribution in [0.25, 0.3) is 0 Å². The van der Waals surface area contributed by atoms with Crippen LogP contribution >= 0.6 is 11.3 Å². The zero-order valence-corrected chi connectivity index (χ0v) is 17.1. The van der Waals surface area contributed by atoms with Gasteiger partial charge in [0.2, 0.25) is 10.0 Å². The number of carbonyl (C=O) groups is 2. The highest BCUT2D eigenvalue weighted by molar-refractivity contribution is 7.89. The molecule has 2 atom stereocenters. The molecule has 3 rings (SSSR count). The Labute approximate surface area is 164 Å². The van der Waals surface area contributed by atoms with Gasteiger partial charge in [-0.2, -0.15) is 4.31 Å². The van der Waals surface area contributed by atoms with Crippen LogP contribution in [-0.4, -0.2) is 50.3 Å². The van der Waals surface area contributed by atoms with Gasteiger partial charge in [-0.05, 0) is 43.0 Å². The second-order valence-corrected chi connectivity index (χ2v) is 10.1. The molecule has 2 unspecified atom stereocenters. The standard InChI is InChI=1S/C18H26N2O5S2/c1-13-6-2-3-7-14(13)19-16(21)12-25-18(22)17-15(8-11-26-17)27(23,24)20-9-4-5-10-20/h8,11,13-14H,2-7,9-10,12H2,1H3,(H,19,21). The third-order valence-electron chi connectivity index (χ3n) is 5.29. The minimum Gasteiger partial charge on any atom is -0.451 e. The Morgan fingerprint density at radius 3 is 2.63 bits per heavy atom. The molecule has 2 fully saturated rings. The number of carbonyl (C=O) groups excluding carboxylic acids is 2. The van der Waals surface area contributed by atoms with E-state index in [1.807, 2.05) is 0 Å². The van der Waals surface area contributed by atoms with E-state index >= 15 is 0 Å². The van der Waals surface area contributed by atoms with Gasteiger partial charge in [0.15, 0.2) is 6.61 Å². The maximum Gasteiger partial charge on any atom is 0.350 e. The van der Waals surface area contributed by atoms with E-state index in [0.29, 0.717) is 19.0 Å². The Morgan fingerprint density at radius 1 is 1.22 bits per heavy atom. The summed E-state index contributed by atoms with van der Waals surface area (Å²) in [6, 6.07) is 1.54. The molecule has 1 aliphatic carbocycles. The van der Waals surface area contributed by atoms with Crippen LogP contribution in [0.1, 0.15) is 55.1 Å². The molecule has 0 spiro atoms. The number of rotatable bonds is 6. The number of thiophene rings is 1. The van der Waals surface area contributed by atoms with Gasteiger partial charge in [0.25, 0.3) is 5.91 Å². The van der Waals surface area contributed by atoms with Gasteiger partial charge >= 0.3 is 5.97 Å². The van der Waals surface area contributed by atoms with E-state index in [0.717, 1.165) is 43.4 Å². The van der Waals surface area contributed by atoms with Crippen LogP contribution in [0.2, 0.25) is 0 Å². The van der Waals surface area contributed by atoms with Crippen molar-refractivity contribution in [1.82, 2.24) is 9.62 Å². The number of hydrogen-bond donors (Lipinski definition) is 1. The number of nitrogens with one attached hydrogen (secondary N) is 1. The molecule has 7 nitrogen and oxygen atoms in total. The molecule has 2 aliphatic rings. The van der Waals surface area contributed by atoms with Crippen LogP contribution < -0.4 is 5.32 Å². The van der Waals surface area contributed by atoms with E-state index in [2.05, 4.69) is 12.2 Å². The number of ether oxygens (including phenoxy) is 1. The van der Waals surface area contributed by atoms with Gasteiger partial charge in [0, 0.05) is 19.1 Å². The summed E-state index contributed by atoms with van der Waals surface area (Å²) in [4.78, 5) is 24.5. The lowest BCUT2D eigenvalue weighted by Gasteiger charge is -2.29. The van der Waals surface area contributed by atoms with Crippen LogP contribution in [0, 0.1) is 5.92 Å². The third kappa shape index (κ3) is 4.70. The largest absolute Gasteiger partial charge is 0.451 e. The van der Waals surface area contributed by atoms with E-state index in [1.54, 1.807) is 5.38 Å². The minimum absolute atomic E-state index is 0.0271. The minimum atomic E-state index is -3.70. The van der Waals surface area contributed by atoms with E-state index in [-0.39, 0.29) is 21.7 Å². The number of sulfonamides is 1. The normalized spacial score (nSPS) is 23.9. The molecule has 0 radical (unpaired) electrons. The van der Waals surface area contributed by atoms with Crippen LogP contribution in [0.15, 0.2) is 16.3 Å². The number of esters is 1. The fraction of sp³-hybridized carbons (Fsp3) is 0.667. The van der Waals surface area contributed by atoms with Gasteiger partial charge in [-0.15, -0.1) is 11.3 Å². The van der Waals surface area contributed by atoms with Crippen molar-refractivity contribution in [2.45, 2.75) is 56.4 Å². The summed E-state index contributed by atoms with van der Waals surface area (Å²) in [5, 5.41) is 4.48. The quantitative estimate of drug-likeness (QED) is 0.722. The Morgan fingerprint density at radius 2 is 1.93 bits per heavy atom. The van der Waals surface area contributed by atoms with Crippen molar-refractivity contribution in [3.05, 3.63) is 16.3 Å². The lowest BCUT2D eigenvalue weighted by atomic mass is 9.86. The molecule has 27 heavy (non-hydrogen) atoms. The Bertz CT molecular complexity index is 783. The average molecular weight is 415 g/mol. The molecule has 2 heterocycles. The van der Waals surface area contributed by atoms with Gasteiger partial charge in [-0.25, -0.2) is 13.2 Å². The highest BCUT2D eigenvalue weighted by atomic mass is 32.2. The maximum atomic E-state index is 12.7. The fourth-order valence-corrected chi connectivity index (χ4v) is 6.49. The summed E-state index contributed by atoms with van der Waals surface area (Å²) in [6.45, 7) is 2.64. The van der Waals surface area contributed by atoms with Crippen LogP contribution in [0.5, 0.6) is 0 Å². The van der Waals surface area contributed by atoms with E-state index in [4.69, 9.17) is 4.74 Å². The Balaban J connectivity index is 1.59. The third-order valence-corrected chi connectivity index (χ3v) is 8.25. The average Bonchev–Trinajstić information content (AvgIpc) is 3.33. The van der Waals surface area contributed by atoms with Gasteiger partial charge in [-0.3, -0.25) is 4.79 Å². The summed E-state index contributed by atoms with van der Waals surface area (Å²) >= 11 is 1.02. The van der Waals surface area contributed by atoms with E-state index in [1.165, 1.54) is 16.8 Å². The summed E-state index contributed by atoms with van der Waals surface area (Å²) in [5.74, 6) is -0.704. The first kappa shape index (κ1) is 20.3. The molecular weight excluding hydrogens is 388 g/mol. The van der Waals surface area contributed by atoms with Crippen molar-refractivity contribution in [1.29, 1.82) is 0 Å². The molecule has 1 aromatic heterocycles. The van der Waals surface area contributed by atoms with Gasteiger partial charge < -0.3 is 10.1 Å². The summed E-state index contributed by atoms with van der Waals surface area (Å²) in [6.07, 6.45) is 5.92. The summed E-state index contributed by atoms with van der Waals surface area (Å²) in [5.41, 5.74) is 0. The van der Waals surface area contributed by atoms with Crippen molar-refractivity contribution < 1.29 is 22.7 Å². The first-order chi connectivity index (χ1) is 12.9. The maximum absolute atomic E-state index is 12.7. The summed E-state index contributed by atoms with van der Waals surface area (Å²) in [7, 11) is -3.70. The predicted molar refractivity (Wildman–Crippen MR) is 102 cm³/mol. The number of amides is 1. The highest BCUT2D eigenvalue weighted by Gasteiger charge is 2.32. The van der Waals surface area contributed by atoms with Gasteiger partial charge in [0.05, 0.1) is 0 Å². The molecule has 1 amide bonds. The Hall–Kier alpha value is -1.45. The zero-order chi connectivity index (χ0) is 19.4. The first-order valence-corrected chi connectivity index (χ1v) is 11.8. The SMILES string of the molecule is CC1CCCCC1NC(=O)COC(=O)c1sccc1S(=O)(=O)N1CCCC1. The lowest BCUT2D eigenvalue weighted by Crippen LogP contribution is -2.42. The topological polar surface area (TPSA) is 92.8 Å². The van der Waals surface area contributed by atoms with Crippen molar-refractivity contribution in [3.8, 4) is 0 Å². The second kappa shape index (κ2) is 8.70. The molecular formula is C18H26N2O5S2. The molecule has 9 heteroatoms. The molecule has 1 N–H and O–H groups in total. The van der Waals surface area contributed by atoms with Crippen LogP contribution in [-0.2, 0) is 19.6 Å². The molecule has 0 bridgehead atoms. The molecule has 1 aromatic rings. The zero-order valence-electron chi connectivity index (χ0n) is 15.5. The van der Waals surface area contributed by atoms with Crippen LogP contribution in [0.3, 0.4) is 0 Å². The van der Waals surface area contributed by atoms with Crippen molar-refractivity contribution in [2.24, 2.45) is 5.92 Å². The molecule has 1 saturated heterocycles. The lowest BCUT2D eigenvalue weighted by molar-refractivity contribution is -0.125. The van der Waals surface area contributed by atoms with Crippen LogP contribution in [0.4, 0.5) is 0 Å². The Kier molecular flexibility index (Phi) is 6.54. The first-order valence-electron chi connectivity index (χ1n) is 9.43. The number of nitrogens with zero attached hydrogens (tertiary/aromatic N) is 1. The predicted octanol–water partition coefficient (Wildman–Crippen LogP) is 2.38. The van der Waals surface area contributed by atoms with Gasteiger partial charge in [-0.1, -0.05) is 19.8 Å². The summed E-state index contributed by atoms with van der Waals surface area (Å²) < 4.78 is 31.9. The molecule has 150 valence electrons.